The second kappa shape index (κ2) is 5.80. The van der Waals surface area contributed by atoms with Crippen LogP contribution in [-0.2, 0) is 4.74 Å². The highest BCUT2D eigenvalue weighted by Crippen LogP contribution is 2.23. The van der Waals surface area contributed by atoms with Crippen molar-refractivity contribution in [1.29, 1.82) is 0 Å². The molecule has 19 heavy (non-hydrogen) atoms. The highest BCUT2D eigenvalue weighted by Gasteiger charge is 2.14. The molecule has 4 nitrogen and oxygen atoms in total. The van der Waals surface area contributed by atoms with Crippen molar-refractivity contribution in [3.05, 3.63) is 47.1 Å². The van der Waals surface area contributed by atoms with E-state index in [1.807, 2.05) is 12.1 Å². The maximum Gasteiger partial charge on any atom is 0.339 e. The van der Waals surface area contributed by atoms with Gasteiger partial charge in [-0.05, 0) is 25.1 Å². The van der Waals surface area contributed by atoms with Crippen molar-refractivity contribution < 1.29 is 14.4 Å². The largest absolute Gasteiger partial charge is 0.462 e. The summed E-state index contributed by atoms with van der Waals surface area (Å²) in [6.45, 7) is 2.11. The van der Waals surface area contributed by atoms with E-state index in [2.05, 4.69) is 0 Å². The number of aromatic nitrogens is 1. The smallest absolute Gasteiger partial charge is 0.339 e. The van der Waals surface area contributed by atoms with Crippen LogP contribution in [0.25, 0.3) is 11.3 Å². The zero-order valence-corrected chi connectivity index (χ0v) is 11.5. The van der Waals surface area contributed by atoms with Crippen LogP contribution in [0, 0.1) is 0 Å². The minimum absolute atomic E-state index is 0.341. The lowest BCUT2D eigenvalue weighted by molar-refractivity contribution is 0.0524. The Morgan fingerprint density at radius 2 is 2.00 bits per heavy atom. The minimum Gasteiger partial charge on any atom is -0.462 e. The van der Waals surface area contributed by atoms with Crippen molar-refractivity contribution in [2.24, 2.45) is 0 Å². The molecule has 0 aliphatic carbocycles. The van der Waals surface area contributed by atoms with Crippen LogP contribution in [0.1, 0.15) is 17.3 Å². The minimum atomic E-state index is -0.367. The van der Waals surface area contributed by atoms with Gasteiger partial charge in [0.15, 0.2) is 0 Å². The molecule has 1 heterocycles. The molecule has 0 saturated carbocycles. The second-order valence-corrected chi connectivity index (χ2v) is 4.29. The lowest BCUT2D eigenvalue weighted by Crippen LogP contribution is -2.06. The van der Waals surface area contributed by atoms with E-state index in [-0.39, 0.29) is 5.97 Å². The third kappa shape index (κ3) is 2.90. The number of rotatable bonds is 4. The molecule has 2 aromatic rings. The summed E-state index contributed by atoms with van der Waals surface area (Å²) < 4.78 is 6.49. The van der Waals surface area contributed by atoms with E-state index in [1.165, 1.54) is 11.8 Å². The van der Waals surface area contributed by atoms with Gasteiger partial charge in [-0.25, -0.2) is 4.79 Å². The lowest BCUT2D eigenvalue weighted by Gasteiger charge is -2.06. The summed E-state index contributed by atoms with van der Waals surface area (Å²) in [5.74, 6) is -0.367. The van der Waals surface area contributed by atoms with Crippen molar-refractivity contribution in [2.75, 3.05) is 13.7 Å². The summed E-state index contributed by atoms with van der Waals surface area (Å²) in [4.78, 5) is 16.9. The molecule has 100 valence electrons. The van der Waals surface area contributed by atoms with Crippen molar-refractivity contribution in [3.8, 4) is 11.3 Å². The monoisotopic (exact) mass is 279 g/mol. The molecule has 0 radical (unpaired) electrons. The molecule has 1 aromatic heterocycles. The van der Waals surface area contributed by atoms with Crippen molar-refractivity contribution in [3.63, 3.8) is 0 Å². The molecule has 0 N–H and O–H groups in total. The Morgan fingerprint density at radius 1 is 1.32 bits per heavy atom. The Balaban J connectivity index is 2.39. The van der Waals surface area contributed by atoms with Gasteiger partial charge in [0.2, 0.25) is 0 Å². The zero-order chi connectivity index (χ0) is 13.8. The van der Waals surface area contributed by atoms with Gasteiger partial charge in [-0.15, -0.1) is 0 Å². The molecule has 5 heteroatoms. The van der Waals surface area contributed by atoms with Gasteiger partial charge in [0.25, 0.3) is 0 Å². The van der Waals surface area contributed by atoms with Crippen molar-refractivity contribution in [2.45, 2.75) is 6.92 Å². The molecule has 0 amide bonds. The van der Waals surface area contributed by atoms with E-state index in [9.17, 15) is 4.79 Å². The number of ether oxygens (including phenoxy) is 1. The lowest BCUT2D eigenvalue weighted by atomic mass is 10.1. The van der Waals surface area contributed by atoms with E-state index >= 15 is 0 Å². The van der Waals surface area contributed by atoms with E-state index < -0.39 is 0 Å². The fourth-order valence-electron chi connectivity index (χ4n) is 1.75. The number of benzene rings is 1. The van der Waals surface area contributed by atoms with Gasteiger partial charge in [0, 0.05) is 10.6 Å². The fraction of sp³-hybridized carbons (Fsp3) is 0.214. The summed E-state index contributed by atoms with van der Waals surface area (Å²) in [7, 11) is 1.54. The van der Waals surface area contributed by atoms with Gasteiger partial charge < -0.3 is 9.57 Å². The summed E-state index contributed by atoms with van der Waals surface area (Å²) >= 11 is 5.86. The molecule has 0 saturated heterocycles. The van der Waals surface area contributed by atoms with Crippen molar-refractivity contribution >= 4 is 17.6 Å². The topological polar surface area (TPSA) is 40.5 Å². The average molecular weight is 280 g/mol. The Labute approximate surface area is 116 Å². The molecule has 0 bridgehead atoms. The third-order valence-electron chi connectivity index (χ3n) is 2.63. The van der Waals surface area contributed by atoms with Crippen LogP contribution in [-0.4, -0.2) is 24.4 Å². The quantitative estimate of drug-likeness (QED) is 0.808. The highest BCUT2D eigenvalue weighted by molar-refractivity contribution is 6.30. The normalized spacial score (nSPS) is 10.3. The first-order chi connectivity index (χ1) is 9.15. The molecular formula is C14H14ClNO3. The van der Waals surface area contributed by atoms with Crippen LogP contribution in [0.15, 0.2) is 36.5 Å². The van der Waals surface area contributed by atoms with Gasteiger partial charge in [-0.3, -0.25) is 0 Å². The molecule has 1 aromatic carbocycles. The summed E-state index contributed by atoms with van der Waals surface area (Å²) in [6.07, 6.45) is 1.60. The van der Waals surface area contributed by atoms with Crippen LogP contribution < -0.4 is 4.84 Å². The molecule has 0 fully saturated rings. The Kier molecular flexibility index (Phi) is 4.12. The highest BCUT2D eigenvalue weighted by atomic mass is 35.5. The Bertz CT molecular complexity index is 575. The number of hydrogen-bond donors (Lipinski definition) is 0. The summed E-state index contributed by atoms with van der Waals surface area (Å²) in [6, 6.07) is 9.02. The molecular weight excluding hydrogens is 266 g/mol. The first-order valence-electron chi connectivity index (χ1n) is 5.85. The summed E-state index contributed by atoms with van der Waals surface area (Å²) in [5, 5.41) is 0.657. The van der Waals surface area contributed by atoms with E-state index in [0.717, 1.165) is 11.3 Å². The molecule has 0 aliphatic rings. The average Bonchev–Trinajstić information content (AvgIpc) is 2.84. The van der Waals surface area contributed by atoms with Gasteiger partial charge in [-0.2, -0.15) is 4.73 Å². The molecule has 2 rings (SSSR count). The molecule has 0 atom stereocenters. The zero-order valence-electron chi connectivity index (χ0n) is 10.7. The van der Waals surface area contributed by atoms with E-state index in [1.54, 1.807) is 31.3 Å². The SMILES string of the molecule is CCOC(=O)c1cc(-c2ccc(Cl)cc2)n(OC)c1. The maximum atomic E-state index is 11.7. The number of halogens is 1. The van der Waals surface area contributed by atoms with Crippen LogP contribution >= 0.6 is 11.6 Å². The van der Waals surface area contributed by atoms with Crippen LogP contribution in [0.2, 0.25) is 5.02 Å². The third-order valence-corrected chi connectivity index (χ3v) is 2.89. The predicted octanol–water partition coefficient (Wildman–Crippen LogP) is 3.04. The Morgan fingerprint density at radius 3 is 2.58 bits per heavy atom. The predicted molar refractivity (Wildman–Crippen MR) is 73.3 cm³/mol. The Hall–Kier alpha value is -1.94. The van der Waals surface area contributed by atoms with Gasteiger partial charge >= 0.3 is 5.97 Å². The number of hydrogen-bond acceptors (Lipinski definition) is 3. The number of carbonyl (C=O) groups excluding carboxylic acids is 1. The second-order valence-electron chi connectivity index (χ2n) is 3.85. The van der Waals surface area contributed by atoms with Crippen LogP contribution in [0.4, 0.5) is 0 Å². The molecule has 0 aliphatic heterocycles. The van der Waals surface area contributed by atoms with Gasteiger partial charge in [0.1, 0.15) is 7.11 Å². The van der Waals surface area contributed by atoms with E-state index in [0.29, 0.717) is 17.2 Å². The molecule has 0 spiro atoms. The van der Waals surface area contributed by atoms with Gasteiger partial charge in [-0.1, -0.05) is 23.7 Å². The molecule has 0 unspecified atom stereocenters. The number of esters is 1. The number of nitrogens with zero attached hydrogens (tertiary/aromatic N) is 1. The van der Waals surface area contributed by atoms with Crippen LogP contribution in [0.3, 0.4) is 0 Å². The van der Waals surface area contributed by atoms with E-state index in [4.69, 9.17) is 21.2 Å². The first-order valence-corrected chi connectivity index (χ1v) is 6.23. The fourth-order valence-corrected chi connectivity index (χ4v) is 1.88. The van der Waals surface area contributed by atoms with Crippen LogP contribution in [0.5, 0.6) is 0 Å². The number of carbonyl (C=O) groups is 1. The standard InChI is InChI=1S/C14H14ClNO3/c1-3-19-14(17)11-8-13(16(9-11)18-2)10-4-6-12(15)7-5-10/h4-9H,3H2,1-2H3. The van der Waals surface area contributed by atoms with Crippen molar-refractivity contribution in [1.82, 2.24) is 4.73 Å². The van der Waals surface area contributed by atoms with Gasteiger partial charge in [0.05, 0.1) is 24.1 Å². The first kappa shape index (κ1) is 13.5. The summed E-state index contributed by atoms with van der Waals surface area (Å²) in [5.41, 5.74) is 2.12. The maximum absolute atomic E-state index is 11.7.